The number of amides is 2. The van der Waals surface area contributed by atoms with Crippen molar-refractivity contribution in [1.82, 2.24) is 9.78 Å². The van der Waals surface area contributed by atoms with Crippen LogP contribution in [0.25, 0.3) is 5.69 Å². The van der Waals surface area contributed by atoms with E-state index in [1.165, 1.54) is 6.20 Å². The fraction of sp³-hybridized carbons (Fsp3) is 0.0556. The number of hydrogen-bond acceptors (Lipinski definition) is 4. The molecule has 126 valence electrons. The van der Waals surface area contributed by atoms with E-state index in [2.05, 4.69) is 10.4 Å². The number of para-hydroxylation sites is 1. The summed E-state index contributed by atoms with van der Waals surface area (Å²) in [6, 6.07) is 16.2. The highest BCUT2D eigenvalue weighted by molar-refractivity contribution is 6.04. The second kappa shape index (κ2) is 7.31. The number of aromatic nitrogens is 2. The molecule has 0 unspecified atom stereocenters. The average molecular weight is 336 g/mol. The summed E-state index contributed by atoms with van der Waals surface area (Å²) in [6.45, 7) is -0.221. The number of primary amides is 1. The van der Waals surface area contributed by atoms with Gasteiger partial charge in [-0.15, -0.1) is 0 Å². The predicted molar refractivity (Wildman–Crippen MR) is 92.6 cm³/mol. The molecule has 7 nitrogen and oxygen atoms in total. The van der Waals surface area contributed by atoms with Crippen molar-refractivity contribution in [3.05, 3.63) is 72.6 Å². The van der Waals surface area contributed by atoms with E-state index in [1.54, 1.807) is 35.1 Å². The minimum absolute atomic E-state index is 0.221. The first kappa shape index (κ1) is 16.3. The third-order valence-electron chi connectivity index (χ3n) is 3.34. The first-order valence-electron chi connectivity index (χ1n) is 7.54. The maximum absolute atomic E-state index is 12.4. The van der Waals surface area contributed by atoms with Gasteiger partial charge in [-0.05, 0) is 24.3 Å². The van der Waals surface area contributed by atoms with E-state index >= 15 is 0 Å². The number of nitrogens with one attached hydrogen (secondary N) is 1. The molecule has 2 aromatic carbocycles. The number of carbonyl (C=O) groups is 2. The highest BCUT2D eigenvalue weighted by Gasteiger charge is 2.10. The summed E-state index contributed by atoms with van der Waals surface area (Å²) in [6.07, 6.45) is 3.15. The Morgan fingerprint density at radius 2 is 1.92 bits per heavy atom. The molecule has 0 fully saturated rings. The summed E-state index contributed by atoms with van der Waals surface area (Å²) in [5, 5.41) is 6.96. The van der Waals surface area contributed by atoms with Crippen LogP contribution in [-0.2, 0) is 4.79 Å². The van der Waals surface area contributed by atoms with Crippen molar-refractivity contribution in [2.24, 2.45) is 5.73 Å². The van der Waals surface area contributed by atoms with E-state index in [-0.39, 0.29) is 12.5 Å². The number of hydrogen-bond donors (Lipinski definition) is 2. The first-order chi connectivity index (χ1) is 12.1. The van der Waals surface area contributed by atoms with Gasteiger partial charge in [0.25, 0.3) is 11.8 Å². The summed E-state index contributed by atoms with van der Waals surface area (Å²) in [7, 11) is 0. The lowest BCUT2D eigenvalue weighted by atomic mass is 10.2. The van der Waals surface area contributed by atoms with Crippen LogP contribution in [0.15, 0.2) is 67.0 Å². The Kier molecular flexibility index (Phi) is 4.75. The highest BCUT2D eigenvalue weighted by Crippen LogP contribution is 2.18. The van der Waals surface area contributed by atoms with Gasteiger partial charge in [0, 0.05) is 18.0 Å². The second-order valence-electron chi connectivity index (χ2n) is 5.25. The molecule has 0 bridgehead atoms. The quantitative estimate of drug-likeness (QED) is 0.719. The van der Waals surface area contributed by atoms with Crippen LogP contribution in [0.3, 0.4) is 0 Å². The predicted octanol–water partition coefficient (Wildman–Crippen LogP) is 1.99. The Balaban J connectivity index is 1.69. The second-order valence-corrected chi connectivity index (χ2v) is 5.25. The van der Waals surface area contributed by atoms with Crippen LogP contribution < -0.4 is 15.8 Å². The highest BCUT2D eigenvalue weighted by atomic mass is 16.5. The molecule has 0 aliphatic carbocycles. The van der Waals surface area contributed by atoms with Crippen molar-refractivity contribution >= 4 is 17.5 Å². The van der Waals surface area contributed by atoms with Gasteiger partial charge in [-0.25, -0.2) is 4.68 Å². The molecule has 25 heavy (non-hydrogen) atoms. The molecule has 1 heterocycles. The topological polar surface area (TPSA) is 99.2 Å². The molecule has 1 aromatic heterocycles. The van der Waals surface area contributed by atoms with Crippen molar-refractivity contribution in [3.8, 4) is 11.4 Å². The van der Waals surface area contributed by atoms with E-state index < -0.39 is 5.91 Å². The molecular formula is C18H16N4O3. The zero-order valence-corrected chi connectivity index (χ0v) is 13.3. The SMILES string of the molecule is NC(=O)COc1cccc(NC(=O)c2cnn(-c3ccccc3)c2)c1. The summed E-state index contributed by atoms with van der Waals surface area (Å²) < 4.78 is 6.84. The summed E-state index contributed by atoms with van der Waals surface area (Å²) >= 11 is 0. The zero-order chi connectivity index (χ0) is 17.6. The van der Waals surface area contributed by atoms with Gasteiger partial charge in [0.05, 0.1) is 17.4 Å². The maximum atomic E-state index is 12.4. The molecule has 0 spiro atoms. The molecule has 0 saturated carbocycles. The Morgan fingerprint density at radius 1 is 1.12 bits per heavy atom. The standard InChI is InChI=1S/C18H16N4O3/c19-17(23)12-25-16-8-4-5-14(9-16)21-18(24)13-10-20-22(11-13)15-6-2-1-3-7-15/h1-11H,12H2,(H2,19,23)(H,21,24). The van der Waals surface area contributed by atoms with Gasteiger partial charge in [-0.2, -0.15) is 5.10 Å². The van der Waals surface area contributed by atoms with Crippen molar-refractivity contribution in [2.75, 3.05) is 11.9 Å². The summed E-state index contributed by atoms with van der Waals surface area (Å²) in [5.41, 5.74) is 6.87. The van der Waals surface area contributed by atoms with Crippen molar-refractivity contribution < 1.29 is 14.3 Å². The molecule has 0 aliphatic heterocycles. The lowest BCUT2D eigenvalue weighted by molar-refractivity contribution is -0.119. The van der Waals surface area contributed by atoms with Gasteiger partial charge in [0.2, 0.25) is 0 Å². The van der Waals surface area contributed by atoms with Crippen LogP contribution in [0.2, 0.25) is 0 Å². The van der Waals surface area contributed by atoms with Gasteiger partial charge < -0.3 is 15.8 Å². The monoisotopic (exact) mass is 336 g/mol. The van der Waals surface area contributed by atoms with Crippen molar-refractivity contribution in [3.63, 3.8) is 0 Å². The average Bonchev–Trinajstić information content (AvgIpc) is 3.11. The molecule has 0 saturated heterocycles. The van der Waals surface area contributed by atoms with Crippen LogP contribution in [0.4, 0.5) is 5.69 Å². The molecule has 0 aliphatic rings. The first-order valence-corrected chi connectivity index (χ1v) is 7.54. The number of nitrogens with zero attached hydrogens (tertiary/aromatic N) is 2. The molecular weight excluding hydrogens is 320 g/mol. The number of anilines is 1. The van der Waals surface area contributed by atoms with Crippen molar-refractivity contribution in [2.45, 2.75) is 0 Å². The normalized spacial score (nSPS) is 10.2. The van der Waals surface area contributed by atoms with Gasteiger partial charge >= 0.3 is 0 Å². The van der Waals surface area contributed by atoms with Gasteiger partial charge in [-0.1, -0.05) is 24.3 Å². The fourth-order valence-corrected chi connectivity index (χ4v) is 2.18. The third-order valence-corrected chi connectivity index (χ3v) is 3.34. The molecule has 3 aromatic rings. The Bertz CT molecular complexity index is 890. The molecule has 3 rings (SSSR count). The lowest BCUT2D eigenvalue weighted by Gasteiger charge is -2.07. The van der Waals surface area contributed by atoms with Crippen LogP contribution in [0, 0.1) is 0 Å². The molecule has 3 N–H and O–H groups in total. The summed E-state index contributed by atoms with van der Waals surface area (Å²) in [4.78, 5) is 23.1. The summed E-state index contributed by atoms with van der Waals surface area (Å²) in [5.74, 6) is -0.423. The molecule has 0 radical (unpaired) electrons. The smallest absolute Gasteiger partial charge is 0.258 e. The van der Waals surface area contributed by atoms with E-state index in [0.717, 1.165) is 5.69 Å². The Labute approximate surface area is 144 Å². The molecule has 7 heteroatoms. The van der Waals surface area contributed by atoms with E-state index in [4.69, 9.17) is 10.5 Å². The zero-order valence-electron chi connectivity index (χ0n) is 13.3. The minimum atomic E-state index is -0.567. The lowest BCUT2D eigenvalue weighted by Crippen LogP contribution is -2.20. The van der Waals surface area contributed by atoms with Gasteiger partial charge in [-0.3, -0.25) is 9.59 Å². The number of benzene rings is 2. The fourth-order valence-electron chi connectivity index (χ4n) is 2.18. The van der Waals surface area contributed by atoms with Crippen LogP contribution in [0.1, 0.15) is 10.4 Å². The molecule has 0 atom stereocenters. The number of rotatable bonds is 6. The number of carbonyl (C=O) groups excluding carboxylic acids is 2. The van der Waals surface area contributed by atoms with E-state index in [1.807, 2.05) is 30.3 Å². The molecule has 2 amide bonds. The van der Waals surface area contributed by atoms with Gasteiger partial charge in [0.1, 0.15) is 5.75 Å². The largest absolute Gasteiger partial charge is 0.484 e. The van der Waals surface area contributed by atoms with Crippen LogP contribution in [-0.4, -0.2) is 28.2 Å². The van der Waals surface area contributed by atoms with Gasteiger partial charge in [0.15, 0.2) is 6.61 Å². The van der Waals surface area contributed by atoms with E-state index in [9.17, 15) is 9.59 Å². The van der Waals surface area contributed by atoms with E-state index in [0.29, 0.717) is 17.0 Å². The Hall–Kier alpha value is -3.61. The van der Waals surface area contributed by atoms with Crippen LogP contribution in [0.5, 0.6) is 5.75 Å². The van der Waals surface area contributed by atoms with Crippen molar-refractivity contribution in [1.29, 1.82) is 0 Å². The number of nitrogens with two attached hydrogens (primary N) is 1. The number of ether oxygens (including phenoxy) is 1. The minimum Gasteiger partial charge on any atom is -0.484 e. The Morgan fingerprint density at radius 3 is 2.68 bits per heavy atom. The maximum Gasteiger partial charge on any atom is 0.258 e. The van der Waals surface area contributed by atoms with Crippen LogP contribution >= 0.6 is 0 Å². The third kappa shape index (κ3) is 4.23.